The van der Waals surface area contributed by atoms with Crippen molar-refractivity contribution in [2.45, 2.75) is 65.2 Å². The van der Waals surface area contributed by atoms with Gasteiger partial charge in [-0.1, -0.05) is 57.8 Å². The summed E-state index contributed by atoms with van der Waals surface area (Å²) in [5.74, 6) is 0.704. The summed E-state index contributed by atoms with van der Waals surface area (Å²) in [5.41, 5.74) is 0. The van der Waals surface area contributed by atoms with Crippen molar-refractivity contribution in [2.24, 2.45) is 0 Å². The van der Waals surface area contributed by atoms with Gasteiger partial charge in [-0.2, -0.15) is 0 Å². The van der Waals surface area contributed by atoms with Crippen molar-refractivity contribution in [3.05, 3.63) is 17.0 Å². The van der Waals surface area contributed by atoms with E-state index in [4.69, 9.17) is 4.74 Å². The van der Waals surface area contributed by atoms with Gasteiger partial charge in [-0.15, -0.1) is 11.3 Å². The minimum Gasteiger partial charge on any atom is -0.484 e. The highest BCUT2D eigenvalue weighted by atomic mass is 32.1. The molecule has 20 heavy (non-hydrogen) atoms. The molecule has 0 saturated carbocycles. The smallest absolute Gasteiger partial charge is 0.175 e. The van der Waals surface area contributed by atoms with Gasteiger partial charge in [0, 0.05) is 20.3 Å². The molecule has 0 bridgehead atoms. The van der Waals surface area contributed by atoms with Crippen LogP contribution in [0.1, 0.15) is 70.1 Å². The summed E-state index contributed by atoms with van der Waals surface area (Å²) in [7, 11) is 0. The number of unbranched alkanes of at least 4 members (excludes halogenated alkanes) is 3. The highest BCUT2D eigenvalue weighted by Crippen LogP contribution is 2.40. The zero-order valence-electron chi connectivity index (χ0n) is 12.9. The van der Waals surface area contributed by atoms with Gasteiger partial charge in [-0.05, 0) is 24.8 Å². The molecular weight excluding hydrogens is 284 g/mol. The summed E-state index contributed by atoms with van der Waals surface area (Å²) in [5, 5.41) is 1.09. The van der Waals surface area contributed by atoms with Gasteiger partial charge in [0.05, 0.1) is 6.61 Å². The van der Waals surface area contributed by atoms with E-state index in [-0.39, 0.29) is 0 Å². The van der Waals surface area contributed by atoms with Crippen molar-refractivity contribution in [3.8, 4) is 5.06 Å². The maximum atomic E-state index is 5.79. The number of rotatable bonds is 9. The van der Waals surface area contributed by atoms with E-state index in [2.05, 4.69) is 32.9 Å². The Kier molecular flexibility index (Phi) is 6.37. The first kappa shape index (κ1) is 15.8. The summed E-state index contributed by atoms with van der Waals surface area (Å²) in [6, 6.07) is 4.61. The molecular formula is C17H26OS2. The lowest BCUT2D eigenvalue weighted by Crippen LogP contribution is -1.93. The minimum absolute atomic E-state index is 0.704. The lowest BCUT2D eigenvalue weighted by molar-refractivity contribution is 0.318. The van der Waals surface area contributed by atoms with Crippen LogP contribution in [-0.2, 0) is 0 Å². The molecule has 0 aliphatic carbocycles. The second-order valence-electron chi connectivity index (χ2n) is 5.54. The first-order chi connectivity index (χ1) is 9.74. The third kappa shape index (κ3) is 4.23. The quantitative estimate of drug-likeness (QED) is 0.461. The van der Waals surface area contributed by atoms with Crippen LogP contribution < -0.4 is 4.74 Å². The molecule has 0 spiro atoms. The Labute approximate surface area is 131 Å². The normalized spacial score (nSPS) is 12.9. The largest absolute Gasteiger partial charge is 0.484 e. The molecule has 3 heteroatoms. The monoisotopic (exact) mass is 310 g/mol. The number of fused-ring (bicyclic) bond motifs is 1. The molecule has 0 fully saturated rings. The van der Waals surface area contributed by atoms with Crippen molar-refractivity contribution in [1.82, 2.24) is 0 Å². The second kappa shape index (κ2) is 8.04. The van der Waals surface area contributed by atoms with E-state index in [1.54, 1.807) is 16.2 Å². The van der Waals surface area contributed by atoms with Crippen LogP contribution in [0.2, 0.25) is 0 Å². The lowest BCUT2D eigenvalue weighted by atomic mass is 10.0. The number of hydrogen-bond donors (Lipinski definition) is 0. The fourth-order valence-corrected chi connectivity index (χ4v) is 4.66. The first-order valence-electron chi connectivity index (χ1n) is 7.90. The molecule has 0 N–H and O–H groups in total. The number of ether oxygens (including phenoxy) is 1. The van der Waals surface area contributed by atoms with Gasteiger partial charge in [-0.25, -0.2) is 0 Å². The fourth-order valence-electron chi connectivity index (χ4n) is 2.31. The van der Waals surface area contributed by atoms with Crippen molar-refractivity contribution < 1.29 is 4.74 Å². The lowest BCUT2D eigenvalue weighted by Gasteiger charge is -2.07. The third-order valence-corrected chi connectivity index (χ3v) is 6.11. The molecule has 112 valence electrons. The minimum atomic E-state index is 0.704. The molecule has 0 radical (unpaired) electrons. The maximum Gasteiger partial charge on any atom is 0.175 e. The summed E-state index contributed by atoms with van der Waals surface area (Å²) < 4.78 is 8.60. The SMILES string of the molecule is CCCCCC(C)c1cc2sc(OCCCC)cc2s1. The molecule has 1 atom stereocenters. The van der Waals surface area contributed by atoms with Crippen LogP contribution in [-0.4, -0.2) is 6.61 Å². The number of hydrogen-bond acceptors (Lipinski definition) is 3. The third-order valence-electron chi connectivity index (χ3n) is 3.67. The Balaban J connectivity index is 1.94. The molecule has 1 unspecified atom stereocenters. The van der Waals surface area contributed by atoms with E-state index in [9.17, 15) is 0 Å². The number of thiophene rings is 2. The molecule has 0 aromatic carbocycles. The Morgan fingerprint density at radius 2 is 1.75 bits per heavy atom. The van der Waals surface area contributed by atoms with Crippen molar-refractivity contribution >= 4 is 32.1 Å². The molecule has 2 rings (SSSR count). The van der Waals surface area contributed by atoms with Gasteiger partial charge >= 0.3 is 0 Å². The van der Waals surface area contributed by atoms with E-state index in [1.807, 2.05) is 11.3 Å². The van der Waals surface area contributed by atoms with Gasteiger partial charge in [-0.3, -0.25) is 0 Å². The Hall–Kier alpha value is -0.540. The van der Waals surface area contributed by atoms with Crippen molar-refractivity contribution in [3.63, 3.8) is 0 Å². The van der Waals surface area contributed by atoms with Gasteiger partial charge in [0.15, 0.2) is 5.06 Å². The molecule has 0 saturated heterocycles. The highest BCUT2D eigenvalue weighted by molar-refractivity contribution is 7.28. The molecule has 0 aliphatic rings. The van der Waals surface area contributed by atoms with Crippen LogP contribution in [0.3, 0.4) is 0 Å². The Morgan fingerprint density at radius 3 is 2.45 bits per heavy atom. The second-order valence-corrected chi connectivity index (χ2v) is 7.70. The first-order valence-corrected chi connectivity index (χ1v) is 9.54. The van der Waals surface area contributed by atoms with Gasteiger partial charge in [0.2, 0.25) is 0 Å². The molecule has 0 amide bonds. The van der Waals surface area contributed by atoms with Crippen molar-refractivity contribution in [1.29, 1.82) is 0 Å². The maximum absolute atomic E-state index is 5.79. The topological polar surface area (TPSA) is 9.23 Å². The summed E-state index contributed by atoms with van der Waals surface area (Å²) in [6.07, 6.45) is 7.69. The zero-order chi connectivity index (χ0) is 14.4. The van der Waals surface area contributed by atoms with E-state index in [1.165, 1.54) is 41.5 Å². The van der Waals surface area contributed by atoms with Gasteiger partial charge in [0.25, 0.3) is 0 Å². The van der Waals surface area contributed by atoms with Crippen LogP contribution in [0.25, 0.3) is 9.40 Å². The molecule has 2 aromatic rings. The van der Waals surface area contributed by atoms with E-state index in [0.29, 0.717) is 5.92 Å². The average molecular weight is 311 g/mol. The van der Waals surface area contributed by atoms with E-state index >= 15 is 0 Å². The highest BCUT2D eigenvalue weighted by Gasteiger charge is 2.12. The average Bonchev–Trinajstić information content (AvgIpc) is 2.97. The van der Waals surface area contributed by atoms with E-state index < -0.39 is 0 Å². The summed E-state index contributed by atoms with van der Waals surface area (Å²) in [6.45, 7) is 7.68. The van der Waals surface area contributed by atoms with Crippen LogP contribution in [0, 0.1) is 0 Å². The molecule has 0 aliphatic heterocycles. The standard InChI is InChI=1S/C17H26OS2/c1-4-6-8-9-13(3)14-11-15-16(19-14)12-17(20-15)18-10-7-5-2/h11-13H,4-10H2,1-3H3. The van der Waals surface area contributed by atoms with Gasteiger partial charge < -0.3 is 4.74 Å². The molecule has 2 heterocycles. The van der Waals surface area contributed by atoms with Crippen molar-refractivity contribution in [2.75, 3.05) is 6.61 Å². The summed E-state index contributed by atoms with van der Waals surface area (Å²) in [4.78, 5) is 1.54. The Morgan fingerprint density at radius 1 is 1.00 bits per heavy atom. The predicted molar refractivity (Wildman–Crippen MR) is 92.7 cm³/mol. The van der Waals surface area contributed by atoms with Crippen LogP contribution in [0.4, 0.5) is 0 Å². The molecule has 1 nitrogen and oxygen atoms in total. The summed E-state index contributed by atoms with van der Waals surface area (Å²) >= 11 is 3.76. The van der Waals surface area contributed by atoms with Crippen LogP contribution in [0.5, 0.6) is 5.06 Å². The van der Waals surface area contributed by atoms with Crippen LogP contribution >= 0.6 is 22.7 Å². The predicted octanol–water partition coefficient (Wildman–Crippen LogP) is 6.83. The zero-order valence-corrected chi connectivity index (χ0v) is 14.5. The van der Waals surface area contributed by atoms with Crippen LogP contribution in [0.15, 0.2) is 12.1 Å². The van der Waals surface area contributed by atoms with E-state index in [0.717, 1.165) is 18.1 Å². The fraction of sp³-hybridized carbons (Fsp3) is 0.647. The molecule has 2 aromatic heterocycles. The Bertz CT molecular complexity index is 481. The van der Waals surface area contributed by atoms with Gasteiger partial charge in [0.1, 0.15) is 0 Å².